The molecule has 0 bridgehead atoms. The maximum atomic E-state index is 13.4. The molecule has 2 aromatic carbocycles. The van der Waals surface area contributed by atoms with Crippen molar-refractivity contribution in [2.45, 2.75) is 19.1 Å². The Bertz CT molecular complexity index is 1120. The molecule has 180 valence electrons. The van der Waals surface area contributed by atoms with Crippen LogP contribution in [-0.2, 0) is 22.6 Å². The molecule has 9 nitrogen and oxygen atoms in total. The van der Waals surface area contributed by atoms with Gasteiger partial charge in [-0.1, -0.05) is 60.7 Å². The van der Waals surface area contributed by atoms with Crippen LogP contribution in [0.15, 0.2) is 79.3 Å². The van der Waals surface area contributed by atoms with Crippen LogP contribution in [0.4, 0.5) is 4.79 Å². The van der Waals surface area contributed by atoms with Gasteiger partial charge in [0.2, 0.25) is 5.91 Å². The smallest absolute Gasteiger partial charge is 0.408 e. The van der Waals surface area contributed by atoms with Gasteiger partial charge in [-0.25, -0.2) is 9.78 Å². The van der Waals surface area contributed by atoms with Crippen molar-refractivity contribution in [2.75, 3.05) is 26.2 Å². The molecule has 35 heavy (non-hydrogen) atoms. The summed E-state index contributed by atoms with van der Waals surface area (Å²) in [6.45, 7) is 1.57. The molecule has 0 saturated carbocycles. The Labute approximate surface area is 203 Å². The van der Waals surface area contributed by atoms with Gasteiger partial charge < -0.3 is 19.9 Å². The number of carbonyl (C=O) groups is 3. The second-order valence-electron chi connectivity index (χ2n) is 8.16. The molecule has 9 heteroatoms. The topological polar surface area (TPSA) is 105 Å². The Morgan fingerprint density at radius 1 is 0.857 bits per heavy atom. The van der Waals surface area contributed by atoms with Gasteiger partial charge in [0.1, 0.15) is 18.3 Å². The number of alkyl carbamates (subject to hydrolysis) is 1. The van der Waals surface area contributed by atoms with E-state index in [-0.39, 0.29) is 24.1 Å². The standard InChI is InChI=1S/C26H27N5O4/c32-24(30-13-15-31(16-14-30)25(33)23-18-27-11-12-28-23)22(17-20-7-3-1-4-8-20)29-26(34)35-19-21-9-5-2-6-10-21/h1-12,18,22H,13-17,19H2,(H,29,34). The maximum Gasteiger partial charge on any atom is 0.408 e. The lowest BCUT2D eigenvalue weighted by atomic mass is 10.0. The fraction of sp³-hybridized carbons (Fsp3) is 0.269. The van der Waals surface area contributed by atoms with E-state index in [1.165, 1.54) is 18.6 Å². The Kier molecular flexibility index (Phi) is 8.00. The molecule has 4 rings (SSSR count). The summed E-state index contributed by atoms with van der Waals surface area (Å²) in [4.78, 5) is 49.9. The first kappa shape index (κ1) is 23.9. The molecule has 1 aliphatic rings. The van der Waals surface area contributed by atoms with Crippen LogP contribution in [0.5, 0.6) is 0 Å². The van der Waals surface area contributed by atoms with Crippen molar-refractivity contribution in [1.29, 1.82) is 0 Å². The molecule has 1 N–H and O–H groups in total. The van der Waals surface area contributed by atoms with E-state index >= 15 is 0 Å². The monoisotopic (exact) mass is 473 g/mol. The molecule has 2 heterocycles. The second kappa shape index (κ2) is 11.7. The van der Waals surface area contributed by atoms with Gasteiger partial charge in [-0.3, -0.25) is 14.6 Å². The number of hydrogen-bond acceptors (Lipinski definition) is 6. The zero-order valence-electron chi connectivity index (χ0n) is 19.2. The normalized spacial score (nSPS) is 14.2. The Morgan fingerprint density at radius 3 is 2.11 bits per heavy atom. The van der Waals surface area contributed by atoms with E-state index in [4.69, 9.17) is 4.74 Å². The van der Waals surface area contributed by atoms with E-state index in [1.54, 1.807) is 9.80 Å². The maximum absolute atomic E-state index is 13.4. The van der Waals surface area contributed by atoms with Gasteiger partial charge in [0.15, 0.2) is 0 Å². The van der Waals surface area contributed by atoms with E-state index in [0.29, 0.717) is 32.6 Å². The molecule has 0 radical (unpaired) electrons. The number of nitrogens with zero attached hydrogens (tertiary/aromatic N) is 4. The number of aromatic nitrogens is 2. The molecule has 0 aliphatic carbocycles. The van der Waals surface area contributed by atoms with Crippen LogP contribution in [0.3, 0.4) is 0 Å². The van der Waals surface area contributed by atoms with Crippen LogP contribution in [0.2, 0.25) is 0 Å². The van der Waals surface area contributed by atoms with E-state index in [2.05, 4.69) is 15.3 Å². The molecule has 1 aliphatic heterocycles. The third kappa shape index (κ3) is 6.63. The SMILES string of the molecule is O=C(NC(Cc1ccccc1)C(=O)N1CCN(C(=O)c2cnccn2)CC1)OCc1ccccc1. The Balaban J connectivity index is 1.37. The highest BCUT2D eigenvalue weighted by molar-refractivity contribution is 5.92. The van der Waals surface area contributed by atoms with Crippen molar-refractivity contribution in [3.63, 3.8) is 0 Å². The fourth-order valence-corrected chi connectivity index (χ4v) is 3.88. The van der Waals surface area contributed by atoms with Crippen molar-refractivity contribution in [3.8, 4) is 0 Å². The van der Waals surface area contributed by atoms with E-state index in [9.17, 15) is 14.4 Å². The van der Waals surface area contributed by atoms with Crippen molar-refractivity contribution >= 4 is 17.9 Å². The highest BCUT2D eigenvalue weighted by Crippen LogP contribution is 2.11. The summed E-state index contributed by atoms with van der Waals surface area (Å²) < 4.78 is 5.34. The van der Waals surface area contributed by atoms with E-state index in [0.717, 1.165) is 11.1 Å². The third-order valence-electron chi connectivity index (χ3n) is 5.75. The predicted molar refractivity (Wildman–Crippen MR) is 128 cm³/mol. The summed E-state index contributed by atoms with van der Waals surface area (Å²) in [7, 11) is 0. The van der Waals surface area contributed by atoms with Gasteiger partial charge in [-0.05, 0) is 11.1 Å². The molecule has 1 aromatic heterocycles. The molecule has 3 aromatic rings. The minimum atomic E-state index is -0.789. The zero-order valence-corrected chi connectivity index (χ0v) is 19.2. The van der Waals surface area contributed by atoms with Crippen molar-refractivity contribution in [2.24, 2.45) is 0 Å². The van der Waals surface area contributed by atoms with Crippen molar-refractivity contribution in [1.82, 2.24) is 25.1 Å². The molecule has 0 spiro atoms. The summed E-state index contributed by atoms with van der Waals surface area (Å²) in [6.07, 6.45) is 4.10. The van der Waals surface area contributed by atoms with E-state index < -0.39 is 12.1 Å². The van der Waals surface area contributed by atoms with Gasteiger partial charge >= 0.3 is 6.09 Å². The van der Waals surface area contributed by atoms with Gasteiger partial charge in [0.25, 0.3) is 5.91 Å². The van der Waals surface area contributed by atoms with Crippen LogP contribution in [0.1, 0.15) is 21.6 Å². The summed E-state index contributed by atoms with van der Waals surface area (Å²) in [5.74, 6) is -0.425. The van der Waals surface area contributed by atoms with E-state index in [1.807, 2.05) is 60.7 Å². The molecule has 1 saturated heterocycles. The number of piperazine rings is 1. The van der Waals surface area contributed by atoms with Crippen molar-refractivity contribution < 1.29 is 19.1 Å². The first-order valence-corrected chi connectivity index (χ1v) is 11.5. The first-order chi connectivity index (χ1) is 17.1. The van der Waals surface area contributed by atoms with Gasteiger partial charge in [0.05, 0.1) is 6.20 Å². The second-order valence-corrected chi connectivity index (χ2v) is 8.16. The van der Waals surface area contributed by atoms with Crippen LogP contribution in [0, 0.1) is 0 Å². The number of carbonyl (C=O) groups excluding carboxylic acids is 3. The lowest BCUT2D eigenvalue weighted by Crippen LogP contribution is -2.56. The largest absolute Gasteiger partial charge is 0.445 e. The van der Waals surface area contributed by atoms with Gasteiger partial charge in [-0.2, -0.15) is 0 Å². The number of rotatable bonds is 7. The highest BCUT2D eigenvalue weighted by Gasteiger charge is 2.31. The average Bonchev–Trinajstić information content (AvgIpc) is 2.92. The number of hydrogen-bond donors (Lipinski definition) is 1. The molecule has 3 amide bonds. The minimum Gasteiger partial charge on any atom is -0.445 e. The summed E-state index contributed by atoms with van der Waals surface area (Å²) in [5.41, 5.74) is 2.06. The molecular weight excluding hydrogens is 446 g/mol. The molecular formula is C26H27N5O4. The number of benzene rings is 2. The zero-order chi connectivity index (χ0) is 24.5. The van der Waals surface area contributed by atoms with Crippen LogP contribution in [-0.4, -0.2) is 69.9 Å². The summed E-state index contributed by atoms with van der Waals surface area (Å²) >= 11 is 0. The lowest BCUT2D eigenvalue weighted by molar-refractivity contribution is -0.134. The molecule has 1 fully saturated rings. The third-order valence-corrected chi connectivity index (χ3v) is 5.75. The number of ether oxygens (including phenoxy) is 1. The lowest BCUT2D eigenvalue weighted by Gasteiger charge is -2.36. The predicted octanol–water partition coefficient (Wildman–Crippen LogP) is 2.30. The van der Waals surface area contributed by atoms with Crippen LogP contribution < -0.4 is 5.32 Å². The van der Waals surface area contributed by atoms with Crippen molar-refractivity contribution in [3.05, 3.63) is 96.1 Å². The minimum absolute atomic E-state index is 0.113. The Hall–Kier alpha value is -4.27. The van der Waals surface area contributed by atoms with Crippen LogP contribution in [0.25, 0.3) is 0 Å². The fourth-order valence-electron chi connectivity index (χ4n) is 3.88. The number of nitrogens with one attached hydrogen (secondary N) is 1. The number of amides is 3. The highest BCUT2D eigenvalue weighted by atomic mass is 16.5. The van der Waals surface area contributed by atoms with Gasteiger partial charge in [-0.15, -0.1) is 0 Å². The van der Waals surface area contributed by atoms with Crippen LogP contribution >= 0.6 is 0 Å². The van der Waals surface area contributed by atoms with Gasteiger partial charge in [0, 0.05) is 45.0 Å². The summed E-state index contributed by atoms with van der Waals surface area (Å²) in [5, 5.41) is 2.74. The molecule has 1 atom stereocenters. The average molecular weight is 474 g/mol. The Morgan fingerprint density at radius 2 is 1.49 bits per heavy atom. The first-order valence-electron chi connectivity index (χ1n) is 11.5. The molecule has 1 unspecified atom stereocenters. The quantitative estimate of drug-likeness (QED) is 0.565. The summed E-state index contributed by atoms with van der Waals surface area (Å²) in [6, 6.07) is 18.1.